The van der Waals surface area contributed by atoms with Crippen LogP contribution >= 0.6 is 0 Å². The summed E-state index contributed by atoms with van der Waals surface area (Å²) >= 11 is 0. The summed E-state index contributed by atoms with van der Waals surface area (Å²) < 4.78 is 15.7. The third kappa shape index (κ3) is 4.00. The molecule has 3 heteroatoms. The van der Waals surface area contributed by atoms with E-state index in [1.54, 1.807) is 0 Å². The predicted molar refractivity (Wildman–Crippen MR) is 89.1 cm³/mol. The number of benzene rings is 2. The molecular formula is C18H19NOS. The van der Waals surface area contributed by atoms with E-state index in [4.69, 9.17) is 0 Å². The first-order valence-electron chi connectivity index (χ1n) is 6.79. The second-order valence-corrected chi connectivity index (χ2v) is 5.88. The number of hydrogen-bond donors (Lipinski definition) is 1. The molecule has 0 amide bonds. The molecule has 0 saturated heterocycles. The molecule has 108 valence electrons. The first-order valence-corrected chi connectivity index (χ1v) is 7.94. The maximum Gasteiger partial charge on any atom is 0.125 e. The van der Waals surface area contributed by atoms with Gasteiger partial charge in [-0.15, -0.1) is 13.2 Å². The summed E-state index contributed by atoms with van der Waals surface area (Å²) in [5.41, 5.74) is 1.06. The van der Waals surface area contributed by atoms with Crippen LogP contribution in [0.3, 0.4) is 0 Å². The lowest BCUT2D eigenvalue weighted by molar-refractivity contribution is 0.562. The largest absolute Gasteiger partial charge is 0.237 e. The molecule has 1 unspecified atom stereocenters. The molecular weight excluding hydrogens is 278 g/mol. The Kier molecular flexibility index (Phi) is 5.67. The lowest BCUT2D eigenvalue weighted by Gasteiger charge is -2.23. The summed E-state index contributed by atoms with van der Waals surface area (Å²) in [4.78, 5) is 0.755. The molecule has 2 aromatic rings. The van der Waals surface area contributed by atoms with E-state index in [9.17, 15) is 4.21 Å². The molecule has 0 aromatic heterocycles. The minimum atomic E-state index is -1.28. The Hall–Kier alpha value is -1.97. The van der Waals surface area contributed by atoms with Crippen LogP contribution in [-0.4, -0.2) is 4.21 Å². The van der Waals surface area contributed by atoms with Gasteiger partial charge >= 0.3 is 0 Å². The maximum atomic E-state index is 12.5. The quantitative estimate of drug-likeness (QED) is 0.768. The average molecular weight is 297 g/mol. The summed E-state index contributed by atoms with van der Waals surface area (Å²) in [6.45, 7) is 7.70. The molecule has 0 fully saturated rings. The van der Waals surface area contributed by atoms with Crippen LogP contribution in [0.25, 0.3) is 0 Å². The van der Waals surface area contributed by atoms with Crippen molar-refractivity contribution in [1.82, 2.24) is 4.72 Å². The van der Waals surface area contributed by atoms with Crippen molar-refractivity contribution in [2.45, 2.75) is 10.9 Å². The van der Waals surface area contributed by atoms with Crippen LogP contribution in [-0.2, 0) is 11.0 Å². The third-order valence-corrected chi connectivity index (χ3v) is 4.45. The summed E-state index contributed by atoms with van der Waals surface area (Å²) in [7, 11) is -1.28. The molecule has 0 saturated carbocycles. The van der Waals surface area contributed by atoms with E-state index in [-0.39, 0.29) is 12.0 Å². The molecule has 2 nitrogen and oxygen atoms in total. The topological polar surface area (TPSA) is 29.1 Å². The molecule has 1 N–H and O–H groups in total. The van der Waals surface area contributed by atoms with Gasteiger partial charge in [0, 0.05) is 5.92 Å². The Morgan fingerprint density at radius 3 is 1.95 bits per heavy atom. The van der Waals surface area contributed by atoms with E-state index in [1.807, 2.05) is 72.8 Å². The van der Waals surface area contributed by atoms with Gasteiger partial charge in [-0.25, -0.2) is 8.93 Å². The second kappa shape index (κ2) is 7.72. The zero-order valence-corrected chi connectivity index (χ0v) is 12.6. The lowest BCUT2D eigenvalue weighted by Crippen LogP contribution is -2.28. The van der Waals surface area contributed by atoms with Gasteiger partial charge in [0.15, 0.2) is 0 Å². The smallest absolute Gasteiger partial charge is 0.125 e. The minimum absolute atomic E-state index is 0.0000576. The van der Waals surface area contributed by atoms with Crippen molar-refractivity contribution < 1.29 is 4.21 Å². The van der Waals surface area contributed by atoms with E-state index >= 15 is 0 Å². The van der Waals surface area contributed by atoms with E-state index in [0.717, 1.165) is 10.5 Å². The standard InChI is InChI=1S/C18H19NOS/c1-3-15(4-2)18(16-11-7-5-8-12-16)19-21(20)17-13-9-6-10-14-17/h3-15,18-19H,1-2H2/t18-,21?/m1/s1. The Labute approximate surface area is 128 Å². The Morgan fingerprint density at radius 1 is 0.905 bits per heavy atom. The van der Waals surface area contributed by atoms with Crippen molar-refractivity contribution in [1.29, 1.82) is 0 Å². The van der Waals surface area contributed by atoms with Crippen molar-refractivity contribution in [2.75, 3.05) is 0 Å². The lowest BCUT2D eigenvalue weighted by atomic mass is 9.94. The molecule has 0 radical (unpaired) electrons. The van der Waals surface area contributed by atoms with Crippen molar-refractivity contribution >= 4 is 11.0 Å². The normalized spacial score (nSPS) is 13.6. The molecule has 2 aromatic carbocycles. The van der Waals surface area contributed by atoms with Crippen LogP contribution in [0.2, 0.25) is 0 Å². The number of rotatable bonds is 7. The summed E-state index contributed by atoms with van der Waals surface area (Å²) in [5.74, 6) is 0.0000576. The summed E-state index contributed by atoms with van der Waals surface area (Å²) in [6, 6.07) is 19.2. The molecule has 2 atom stereocenters. The Balaban J connectivity index is 2.26. The number of hydrogen-bond acceptors (Lipinski definition) is 1. The molecule has 2 rings (SSSR count). The van der Waals surface area contributed by atoms with Crippen molar-refractivity contribution in [3.05, 3.63) is 91.5 Å². The van der Waals surface area contributed by atoms with Gasteiger partial charge in [0.2, 0.25) is 0 Å². The first kappa shape index (κ1) is 15.4. The van der Waals surface area contributed by atoms with E-state index in [0.29, 0.717) is 0 Å². The van der Waals surface area contributed by atoms with Crippen LogP contribution in [0.5, 0.6) is 0 Å². The summed E-state index contributed by atoms with van der Waals surface area (Å²) in [6.07, 6.45) is 3.64. The maximum absolute atomic E-state index is 12.5. The molecule has 0 aliphatic carbocycles. The molecule has 0 heterocycles. The van der Waals surface area contributed by atoms with Crippen LogP contribution in [0.4, 0.5) is 0 Å². The highest BCUT2D eigenvalue weighted by Gasteiger charge is 2.20. The zero-order chi connectivity index (χ0) is 15.1. The number of nitrogens with one attached hydrogen (secondary N) is 1. The van der Waals surface area contributed by atoms with Crippen molar-refractivity contribution in [2.24, 2.45) is 5.92 Å². The highest BCUT2D eigenvalue weighted by Crippen LogP contribution is 2.25. The fraction of sp³-hybridized carbons (Fsp3) is 0.111. The van der Waals surface area contributed by atoms with Crippen molar-refractivity contribution in [3.8, 4) is 0 Å². The molecule has 0 aliphatic heterocycles. The molecule has 21 heavy (non-hydrogen) atoms. The SMILES string of the molecule is C=CC(C=C)[C@@H](NS(=O)c1ccccc1)c1ccccc1. The molecule has 0 spiro atoms. The monoisotopic (exact) mass is 297 g/mol. The molecule has 0 aliphatic rings. The third-order valence-electron chi connectivity index (χ3n) is 3.28. The van der Waals surface area contributed by atoms with Crippen molar-refractivity contribution in [3.63, 3.8) is 0 Å². The van der Waals surface area contributed by atoms with Gasteiger partial charge in [-0.1, -0.05) is 60.7 Å². The fourth-order valence-corrected chi connectivity index (χ4v) is 3.19. The van der Waals surface area contributed by atoms with Gasteiger partial charge in [-0.2, -0.15) is 0 Å². The van der Waals surface area contributed by atoms with Gasteiger partial charge in [-0.3, -0.25) is 0 Å². The second-order valence-electron chi connectivity index (χ2n) is 4.64. The zero-order valence-electron chi connectivity index (χ0n) is 11.8. The Morgan fingerprint density at radius 2 is 1.43 bits per heavy atom. The summed E-state index contributed by atoms with van der Waals surface area (Å²) in [5, 5.41) is 0. The van der Waals surface area contributed by atoms with Crippen LogP contribution in [0.15, 0.2) is 90.9 Å². The highest BCUT2D eigenvalue weighted by atomic mass is 32.2. The van der Waals surface area contributed by atoms with Crippen LogP contribution < -0.4 is 4.72 Å². The van der Waals surface area contributed by atoms with E-state index in [2.05, 4.69) is 17.9 Å². The fourth-order valence-electron chi connectivity index (χ4n) is 2.13. The predicted octanol–water partition coefficient (Wildman–Crippen LogP) is 4.03. The minimum Gasteiger partial charge on any atom is -0.237 e. The van der Waals surface area contributed by atoms with Gasteiger partial charge in [0.1, 0.15) is 11.0 Å². The first-order chi connectivity index (χ1) is 10.3. The highest BCUT2D eigenvalue weighted by molar-refractivity contribution is 7.83. The molecule has 0 bridgehead atoms. The average Bonchev–Trinajstić information content (AvgIpc) is 2.56. The van der Waals surface area contributed by atoms with Gasteiger partial charge in [-0.05, 0) is 17.7 Å². The van der Waals surface area contributed by atoms with Crippen LogP contribution in [0, 0.1) is 5.92 Å². The van der Waals surface area contributed by atoms with Gasteiger partial charge in [0.05, 0.1) is 10.9 Å². The van der Waals surface area contributed by atoms with E-state index in [1.165, 1.54) is 0 Å². The van der Waals surface area contributed by atoms with E-state index < -0.39 is 11.0 Å². The van der Waals surface area contributed by atoms with Crippen LogP contribution in [0.1, 0.15) is 11.6 Å². The Bertz CT molecular complexity index is 602. The van der Waals surface area contributed by atoms with Gasteiger partial charge < -0.3 is 0 Å². The van der Waals surface area contributed by atoms with Gasteiger partial charge in [0.25, 0.3) is 0 Å².